The minimum Gasteiger partial charge on any atom is -0.458 e. The smallest absolute Gasteiger partial charge is 0.422 e. The van der Waals surface area contributed by atoms with Crippen molar-refractivity contribution in [3.63, 3.8) is 0 Å². The van der Waals surface area contributed by atoms with E-state index in [1.165, 1.54) is 0 Å². The highest BCUT2D eigenvalue weighted by molar-refractivity contribution is 5.81. The molecule has 0 aliphatic carbocycles. The van der Waals surface area contributed by atoms with Crippen molar-refractivity contribution in [3.8, 4) is 0 Å². The summed E-state index contributed by atoms with van der Waals surface area (Å²) in [4.78, 5) is 24.7. The predicted molar refractivity (Wildman–Crippen MR) is 109 cm³/mol. The number of carbonyl (C=O) groups is 2. The molecule has 0 fully saturated rings. The second-order valence-electron chi connectivity index (χ2n) is 8.26. The highest BCUT2D eigenvalue weighted by Crippen LogP contribution is 2.34. The summed E-state index contributed by atoms with van der Waals surface area (Å²) in [6.45, 7) is 4.76. The second kappa shape index (κ2) is 10.6. The first kappa shape index (κ1) is 26.1. The number of alkyl carbamates (subject to hydrolysis) is 1. The Morgan fingerprint density at radius 1 is 0.970 bits per heavy atom. The van der Waals surface area contributed by atoms with Gasteiger partial charge >= 0.3 is 18.2 Å². The van der Waals surface area contributed by atoms with Gasteiger partial charge in [0.05, 0.1) is 0 Å². The Morgan fingerprint density at radius 2 is 1.55 bits per heavy atom. The molecule has 0 saturated carbocycles. The van der Waals surface area contributed by atoms with Gasteiger partial charge in [0.1, 0.15) is 35.4 Å². The fraction of sp³-hybridized carbons (Fsp3) is 0.391. The van der Waals surface area contributed by atoms with Crippen molar-refractivity contribution in [2.75, 3.05) is 0 Å². The monoisotopic (exact) mass is 473 g/mol. The zero-order chi connectivity index (χ0) is 24.8. The van der Waals surface area contributed by atoms with Gasteiger partial charge in [-0.25, -0.2) is 18.4 Å². The first-order valence-corrected chi connectivity index (χ1v) is 10.0. The standard InChI is InChI=1S/C23H24F5NO4/c1-22(2,3)33-20(30)18(29-21(31)32-13-14-7-5-4-6-8-14)10-9-15-11-16(24)19(17(25)12-15)23(26,27)28/h4-8,11-12,18H,9-10,13H2,1-3H3,(H,29,31). The van der Waals surface area contributed by atoms with Crippen molar-refractivity contribution in [1.82, 2.24) is 5.32 Å². The lowest BCUT2D eigenvalue weighted by atomic mass is 10.0. The summed E-state index contributed by atoms with van der Waals surface area (Å²) in [6.07, 6.45) is -6.52. The third-order valence-corrected chi connectivity index (χ3v) is 4.30. The van der Waals surface area contributed by atoms with Gasteiger partial charge in [-0.05, 0) is 56.9 Å². The van der Waals surface area contributed by atoms with Crippen LogP contribution in [0.25, 0.3) is 0 Å². The molecule has 1 atom stereocenters. The molecular weight excluding hydrogens is 449 g/mol. The maximum absolute atomic E-state index is 13.8. The van der Waals surface area contributed by atoms with E-state index in [0.29, 0.717) is 17.7 Å². The van der Waals surface area contributed by atoms with Gasteiger partial charge in [-0.3, -0.25) is 0 Å². The molecule has 0 heterocycles. The van der Waals surface area contributed by atoms with Crippen molar-refractivity contribution in [1.29, 1.82) is 0 Å². The third-order valence-electron chi connectivity index (χ3n) is 4.30. The number of carbonyl (C=O) groups excluding carboxylic acids is 2. The van der Waals surface area contributed by atoms with Gasteiger partial charge in [0.15, 0.2) is 0 Å². The van der Waals surface area contributed by atoms with Crippen molar-refractivity contribution in [2.24, 2.45) is 0 Å². The molecule has 0 radical (unpaired) electrons. The summed E-state index contributed by atoms with van der Waals surface area (Å²) < 4.78 is 76.3. The molecule has 0 saturated heterocycles. The van der Waals surface area contributed by atoms with Crippen LogP contribution in [0.15, 0.2) is 42.5 Å². The number of aryl methyl sites for hydroxylation is 1. The van der Waals surface area contributed by atoms with E-state index < -0.39 is 47.1 Å². The highest BCUT2D eigenvalue weighted by atomic mass is 19.4. The van der Waals surface area contributed by atoms with E-state index in [1.54, 1.807) is 51.1 Å². The first-order chi connectivity index (χ1) is 15.3. The van der Waals surface area contributed by atoms with Crippen LogP contribution in [0.3, 0.4) is 0 Å². The van der Waals surface area contributed by atoms with Crippen LogP contribution >= 0.6 is 0 Å². The van der Waals surface area contributed by atoms with E-state index in [2.05, 4.69) is 5.32 Å². The number of hydrogen-bond donors (Lipinski definition) is 1. The number of ether oxygens (including phenoxy) is 2. The van der Waals surface area contributed by atoms with E-state index in [4.69, 9.17) is 9.47 Å². The lowest BCUT2D eigenvalue weighted by molar-refractivity contribution is -0.157. The quantitative estimate of drug-likeness (QED) is 0.423. The lowest BCUT2D eigenvalue weighted by Crippen LogP contribution is -2.44. The van der Waals surface area contributed by atoms with E-state index in [9.17, 15) is 31.5 Å². The van der Waals surface area contributed by atoms with Crippen LogP contribution in [0.2, 0.25) is 0 Å². The van der Waals surface area contributed by atoms with E-state index in [1.807, 2.05) is 0 Å². The molecule has 1 amide bonds. The Kier molecular flexibility index (Phi) is 8.40. The van der Waals surface area contributed by atoms with Gasteiger partial charge in [0, 0.05) is 0 Å². The van der Waals surface area contributed by atoms with Crippen LogP contribution in [0.5, 0.6) is 0 Å². The van der Waals surface area contributed by atoms with Crippen LogP contribution in [-0.4, -0.2) is 23.7 Å². The number of nitrogens with one attached hydrogen (secondary N) is 1. The minimum absolute atomic E-state index is 0.0664. The Labute approximate surface area is 187 Å². The fourth-order valence-corrected chi connectivity index (χ4v) is 2.88. The molecule has 2 rings (SSSR count). The van der Waals surface area contributed by atoms with Crippen molar-refractivity contribution in [3.05, 3.63) is 70.8 Å². The van der Waals surface area contributed by atoms with Crippen molar-refractivity contribution >= 4 is 12.1 Å². The molecular formula is C23H24F5NO4. The van der Waals surface area contributed by atoms with Crippen LogP contribution in [0.1, 0.15) is 43.9 Å². The topological polar surface area (TPSA) is 64.6 Å². The summed E-state index contributed by atoms with van der Waals surface area (Å²) in [7, 11) is 0. The number of benzene rings is 2. The van der Waals surface area contributed by atoms with E-state index in [0.717, 1.165) is 0 Å². The molecule has 10 heteroatoms. The van der Waals surface area contributed by atoms with Gasteiger partial charge in [0.2, 0.25) is 0 Å². The summed E-state index contributed by atoms with van der Waals surface area (Å²) >= 11 is 0. The number of esters is 1. The first-order valence-electron chi connectivity index (χ1n) is 10.0. The van der Waals surface area contributed by atoms with Gasteiger partial charge in [-0.15, -0.1) is 0 Å². The Bertz CT molecular complexity index is 948. The normalized spacial score (nSPS) is 12.7. The zero-order valence-corrected chi connectivity index (χ0v) is 18.3. The van der Waals surface area contributed by atoms with E-state index >= 15 is 0 Å². The molecule has 5 nitrogen and oxygen atoms in total. The van der Waals surface area contributed by atoms with Gasteiger partial charge in [0.25, 0.3) is 0 Å². The molecule has 180 valence electrons. The fourth-order valence-electron chi connectivity index (χ4n) is 2.88. The Balaban J connectivity index is 2.10. The van der Waals surface area contributed by atoms with Crippen LogP contribution in [-0.2, 0) is 33.5 Å². The lowest BCUT2D eigenvalue weighted by Gasteiger charge is -2.24. The largest absolute Gasteiger partial charge is 0.458 e. The number of hydrogen-bond acceptors (Lipinski definition) is 4. The van der Waals surface area contributed by atoms with Crippen LogP contribution in [0.4, 0.5) is 26.7 Å². The number of halogens is 5. The SMILES string of the molecule is CC(C)(C)OC(=O)C(CCc1cc(F)c(C(F)(F)F)c(F)c1)NC(=O)OCc1ccccc1. The maximum Gasteiger partial charge on any atom is 0.422 e. The Hall–Kier alpha value is -3.17. The summed E-state index contributed by atoms with van der Waals surface area (Å²) in [5, 5.41) is 2.34. The van der Waals surface area contributed by atoms with Gasteiger partial charge < -0.3 is 14.8 Å². The predicted octanol–water partition coefficient (Wildman–Crippen LogP) is 5.55. The molecule has 0 aromatic heterocycles. The third kappa shape index (κ3) is 8.36. The minimum atomic E-state index is -5.18. The molecule has 2 aromatic rings. The van der Waals surface area contributed by atoms with Crippen LogP contribution in [0, 0.1) is 11.6 Å². The van der Waals surface area contributed by atoms with Crippen LogP contribution < -0.4 is 5.32 Å². The van der Waals surface area contributed by atoms with Crippen molar-refractivity contribution in [2.45, 2.75) is 58.0 Å². The number of alkyl halides is 3. The molecule has 1 unspecified atom stereocenters. The molecule has 2 aromatic carbocycles. The van der Waals surface area contributed by atoms with E-state index in [-0.39, 0.29) is 25.0 Å². The van der Waals surface area contributed by atoms with Crippen molar-refractivity contribution < 1.29 is 41.0 Å². The summed E-state index contributed by atoms with van der Waals surface area (Å²) in [5.41, 5.74) is -2.29. The average molecular weight is 473 g/mol. The average Bonchev–Trinajstić information content (AvgIpc) is 2.67. The molecule has 33 heavy (non-hydrogen) atoms. The Morgan fingerprint density at radius 3 is 2.06 bits per heavy atom. The van der Waals surface area contributed by atoms with Gasteiger partial charge in [-0.1, -0.05) is 30.3 Å². The van der Waals surface area contributed by atoms with Gasteiger partial charge in [-0.2, -0.15) is 13.2 Å². The zero-order valence-electron chi connectivity index (χ0n) is 18.3. The maximum atomic E-state index is 13.8. The summed E-state index contributed by atoms with van der Waals surface area (Å²) in [6, 6.07) is 8.58. The highest BCUT2D eigenvalue weighted by Gasteiger charge is 2.38. The molecule has 1 N–H and O–H groups in total. The summed E-state index contributed by atoms with van der Waals surface area (Å²) in [5.74, 6) is -4.35. The number of amides is 1. The number of rotatable bonds is 7. The molecule has 0 aliphatic heterocycles. The second-order valence-corrected chi connectivity index (χ2v) is 8.26. The molecule has 0 bridgehead atoms. The molecule has 0 aliphatic rings. The molecule has 0 spiro atoms.